The summed E-state index contributed by atoms with van der Waals surface area (Å²) in [4.78, 5) is 21.5. The van der Waals surface area contributed by atoms with E-state index in [4.69, 9.17) is 0 Å². The summed E-state index contributed by atoms with van der Waals surface area (Å²) in [5.74, 6) is -2.99. The standard InChI is InChI=1S/C23H25F3N4O/c1-12-10-22(12,4)30-11-16-18(9-19(30)31)28-14(3)29-21(16)27-13(2)15-7-6-8-17(20(15)24)23(5,25)26/h6-9,11-13H,10H2,1-5H3,(H,27,28,29)/t12?,13-,22?/m1/s1. The van der Waals surface area contributed by atoms with E-state index in [0.717, 1.165) is 12.5 Å². The Morgan fingerprint density at radius 1 is 1.32 bits per heavy atom. The van der Waals surface area contributed by atoms with Gasteiger partial charge in [-0.25, -0.2) is 23.1 Å². The lowest BCUT2D eigenvalue weighted by Gasteiger charge is -2.21. The molecule has 5 nitrogen and oxygen atoms in total. The predicted octanol–water partition coefficient (Wildman–Crippen LogP) is 5.28. The van der Waals surface area contributed by atoms with Crippen molar-refractivity contribution in [3.63, 3.8) is 0 Å². The van der Waals surface area contributed by atoms with Crippen LogP contribution in [-0.4, -0.2) is 14.5 Å². The molecule has 31 heavy (non-hydrogen) atoms. The number of anilines is 1. The highest BCUT2D eigenvalue weighted by Crippen LogP contribution is 2.49. The summed E-state index contributed by atoms with van der Waals surface area (Å²) in [6, 6.07) is 4.82. The number of aromatic nitrogens is 3. The topological polar surface area (TPSA) is 59.8 Å². The molecule has 1 fully saturated rings. The number of nitrogens with one attached hydrogen (secondary N) is 1. The molecule has 4 rings (SSSR count). The molecule has 8 heteroatoms. The fourth-order valence-electron chi connectivity index (χ4n) is 4.13. The molecule has 0 bridgehead atoms. The lowest BCUT2D eigenvalue weighted by molar-refractivity contribution is 0.0136. The van der Waals surface area contributed by atoms with Crippen molar-refractivity contribution in [2.75, 3.05) is 5.32 Å². The zero-order valence-corrected chi connectivity index (χ0v) is 18.1. The minimum absolute atomic E-state index is 0.111. The van der Waals surface area contributed by atoms with Crippen LogP contribution in [0.25, 0.3) is 10.9 Å². The number of halogens is 3. The molecule has 0 amide bonds. The number of benzene rings is 1. The smallest absolute Gasteiger partial charge is 0.273 e. The molecule has 3 atom stereocenters. The molecule has 2 aromatic heterocycles. The Balaban J connectivity index is 1.78. The minimum Gasteiger partial charge on any atom is -0.363 e. The van der Waals surface area contributed by atoms with Gasteiger partial charge in [-0.2, -0.15) is 0 Å². The predicted molar refractivity (Wildman–Crippen MR) is 114 cm³/mol. The first kappa shape index (κ1) is 21.3. The lowest BCUT2D eigenvalue weighted by atomic mass is 10.0. The van der Waals surface area contributed by atoms with Crippen molar-refractivity contribution in [3.8, 4) is 0 Å². The summed E-state index contributed by atoms with van der Waals surface area (Å²) >= 11 is 0. The van der Waals surface area contributed by atoms with E-state index in [1.807, 2.05) is 6.92 Å². The maximum Gasteiger partial charge on any atom is 0.273 e. The Labute approximate surface area is 178 Å². The zero-order chi connectivity index (χ0) is 22.7. The molecule has 0 radical (unpaired) electrons. The average molecular weight is 430 g/mol. The van der Waals surface area contributed by atoms with Gasteiger partial charge in [0.05, 0.1) is 22.5 Å². The molecule has 0 aliphatic heterocycles. The van der Waals surface area contributed by atoms with Crippen molar-refractivity contribution in [3.05, 3.63) is 63.6 Å². The van der Waals surface area contributed by atoms with Crippen LogP contribution >= 0.6 is 0 Å². The van der Waals surface area contributed by atoms with Crippen molar-refractivity contribution < 1.29 is 13.2 Å². The molecule has 0 spiro atoms. The second-order valence-corrected chi connectivity index (χ2v) is 8.83. The van der Waals surface area contributed by atoms with Crippen molar-refractivity contribution in [2.45, 2.75) is 58.5 Å². The van der Waals surface area contributed by atoms with Gasteiger partial charge in [-0.05, 0) is 33.1 Å². The zero-order valence-electron chi connectivity index (χ0n) is 18.1. The Morgan fingerprint density at radius 3 is 2.61 bits per heavy atom. The van der Waals surface area contributed by atoms with Crippen LogP contribution in [0.1, 0.15) is 57.1 Å². The fourth-order valence-corrected chi connectivity index (χ4v) is 4.13. The molecular formula is C23H25F3N4O. The summed E-state index contributed by atoms with van der Waals surface area (Å²) < 4.78 is 44.1. The van der Waals surface area contributed by atoms with Gasteiger partial charge in [0.2, 0.25) is 0 Å². The van der Waals surface area contributed by atoms with Gasteiger partial charge in [0.15, 0.2) is 0 Å². The molecule has 1 saturated carbocycles. The van der Waals surface area contributed by atoms with E-state index in [1.165, 1.54) is 18.2 Å². The summed E-state index contributed by atoms with van der Waals surface area (Å²) in [7, 11) is 0. The molecule has 1 aliphatic rings. The number of pyridine rings is 1. The third-order valence-corrected chi connectivity index (χ3v) is 6.34. The van der Waals surface area contributed by atoms with E-state index in [9.17, 15) is 18.0 Å². The Morgan fingerprint density at radius 2 is 2.00 bits per heavy atom. The Hall–Kier alpha value is -2.90. The fraction of sp³-hybridized carbons (Fsp3) is 0.435. The van der Waals surface area contributed by atoms with E-state index in [2.05, 4.69) is 22.2 Å². The number of hydrogen-bond acceptors (Lipinski definition) is 4. The molecule has 2 unspecified atom stereocenters. The minimum atomic E-state index is -3.29. The van der Waals surface area contributed by atoms with E-state index < -0.39 is 23.3 Å². The second kappa shape index (κ2) is 7.07. The van der Waals surface area contributed by atoms with Crippen LogP contribution in [0.15, 0.2) is 35.3 Å². The van der Waals surface area contributed by atoms with Gasteiger partial charge in [-0.3, -0.25) is 4.79 Å². The normalized spacial score (nSPS) is 21.9. The maximum atomic E-state index is 14.8. The number of alkyl halides is 2. The van der Waals surface area contributed by atoms with Crippen molar-refractivity contribution in [1.29, 1.82) is 0 Å². The number of hydrogen-bond donors (Lipinski definition) is 1. The third-order valence-electron chi connectivity index (χ3n) is 6.34. The summed E-state index contributed by atoms with van der Waals surface area (Å²) in [5.41, 5.74) is -0.451. The molecule has 1 N–H and O–H groups in total. The van der Waals surface area contributed by atoms with Crippen LogP contribution in [0, 0.1) is 18.7 Å². The highest BCUT2D eigenvalue weighted by molar-refractivity contribution is 5.88. The van der Waals surface area contributed by atoms with E-state index in [-0.39, 0.29) is 16.7 Å². The summed E-state index contributed by atoms with van der Waals surface area (Å²) in [6.45, 7) is 8.17. The third kappa shape index (κ3) is 3.68. The molecule has 164 valence electrons. The van der Waals surface area contributed by atoms with Gasteiger partial charge < -0.3 is 9.88 Å². The number of rotatable bonds is 5. The quantitative estimate of drug-likeness (QED) is 0.598. The van der Waals surface area contributed by atoms with Crippen molar-refractivity contribution in [1.82, 2.24) is 14.5 Å². The van der Waals surface area contributed by atoms with Gasteiger partial charge in [-0.1, -0.05) is 25.1 Å². The van der Waals surface area contributed by atoms with Gasteiger partial charge >= 0.3 is 0 Å². The first-order chi connectivity index (χ1) is 14.4. The van der Waals surface area contributed by atoms with Gasteiger partial charge in [0.25, 0.3) is 11.5 Å². The monoisotopic (exact) mass is 430 g/mol. The lowest BCUT2D eigenvalue weighted by Crippen LogP contribution is -2.28. The van der Waals surface area contributed by atoms with Crippen molar-refractivity contribution >= 4 is 16.7 Å². The van der Waals surface area contributed by atoms with Crippen LogP contribution in [0.4, 0.5) is 19.0 Å². The van der Waals surface area contributed by atoms with E-state index >= 15 is 0 Å². The Kier molecular flexibility index (Phi) is 4.87. The van der Waals surface area contributed by atoms with Gasteiger partial charge in [0, 0.05) is 30.3 Å². The largest absolute Gasteiger partial charge is 0.363 e. The van der Waals surface area contributed by atoms with Gasteiger partial charge in [0.1, 0.15) is 17.5 Å². The molecule has 1 aromatic carbocycles. The van der Waals surface area contributed by atoms with Crippen LogP contribution in [0.3, 0.4) is 0 Å². The SMILES string of the molecule is Cc1nc(N[C@H](C)c2cccc(C(C)(F)F)c2F)c2cn(C3(C)CC3C)c(=O)cc2n1. The second-order valence-electron chi connectivity index (χ2n) is 8.83. The first-order valence-corrected chi connectivity index (χ1v) is 10.3. The van der Waals surface area contributed by atoms with E-state index in [1.54, 1.807) is 24.6 Å². The first-order valence-electron chi connectivity index (χ1n) is 10.3. The Bertz CT molecular complexity index is 1230. The highest BCUT2D eigenvalue weighted by Gasteiger charge is 2.49. The van der Waals surface area contributed by atoms with Gasteiger partial charge in [-0.15, -0.1) is 0 Å². The van der Waals surface area contributed by atoms with Crippen LogP contribution < -0.4 is 10.9 Å². The molecule has 3 aromatic rings. The van der Waals surface area contributed by atoms with E-state index in [0.29, 0.717) is 35.4 Å². The number of aryl methyl sites for hydroxylation is 1. The molecular weight excluding hydrogens is 405 g/mol. The number of fused-ring (bicyclic) bond motifs is 1. The van der Waals surface area contributed by atoms with Crippen LogP contribution in [-0.2, 0) is 11.5 Å². The number of nitrogens with zero attached hydrogens (tertiary/aromatic N) is 3. The summed E-state index contributed by atoms with van der Waals surface area (Å²) in [6.07, 6.45) is 2.64. The average Bonchev–Trinajstić information content (AvgIpc) is 3.27. The van der Waals surface area contributed by atoms with Crippen LogP contribution in [0.5, 0.6) is 0 Å². The van der Waals surface area contributed by atoms with Crippen molar-refractivity contribution in [2.24, 2.45) is 5.92 Å². The molecule has 2 heterocycles. The maximum absolute atomic E-state index is 14.8. The molecule has 1 aliphatic carbocycles. The molecule has 0 saturated heterocycles. The highest BCUT2D eigenvalue weighted by atomic mass is 19.3. The summed E-state index contributed by atoms with van der Waals surface area (Å²) in [5, 5.41) is 3.76. The van der Waals surface area contributed by atoms with Crippen LogP contribution in [0.2, 0.25) is 0 Å².